The fourth-order valence-electron chi connectivity index (χ4n) is 5.57. The topological polar surface area (TPSA) is 79.4 Å². The molecule has 0 fully saturated rings. The zero-order chi connectivity index (χ0) is 29.5. The molecule has 0 amide bonds. The van der Waals surface area contributed by atoms with Crippen LogP contribution in [-0.2, 0) is 17.6 Å². The first kappa shape index (κ1) is 28.5. The highest BCUT2D eigenvalue weighted by atomic mass is 79.9. The van der Waals surface area contributed by atoms with Crippen LogP contribution in [0.1, 0.15) is 53.0 Å². The molecule has 9 heteroatoms. The summed E-state index contributed by atoms with van der Waals surface area (Å²) in [5.74, 6) is 0.0220. The largest absolute Gasteiger partial charge is 0.489 e. The second-order valence-electron chi connectivity index (χ2n) is 10.2. The van der Waals surface area contributed by atoms with Crippen molar-refractivity contribution in [2.45, 2.75) is 51.8 Å². The van der Waals surface area contributed by atoms with Gasteiger partial charge in [-0.1, -0.05) is 28.1 Å². The number of ether oxygens (including phenoxy) is 1. The summed E-state index contributed by atoms with van der Waals surface area (Å²) >= 11 is 3.42. The molecule has 1 heterocycles. The molecule has 210 valence electrons. The van der Waals surface area contributed by atoms with Gasteiger partial charge in [0.15, 0.2) is 5.78 Å². The Bertz CT molecular complexity index is 1620. The summed E-state index contributed by atoms with van der Waals surface area (Å²) in [4.78, 5) is 15.1. The molecule has 5 nitrogen and oxygen atoms in total. The van der Waals surface area contributed by atoms with Crippen molar-refractivity contribution in [3.8, 4) is 11.8 Å². The highest BCUT2D eigenvalue weighted by molar-refractivity contribution is 9.10. The lowest BCUT2D eigenvalue weighted by Crippen LogP contribution is -2.39. The number of rotatable bonds is 5. The summed E-state index contributed by atoms with van der Waals surface area (Å²) in [7, 11) is 0. The number of carbonyl (C=O) groups excluding carboxylic acids is 1. The van der Waals surface area contributed by atoms with E-state index in [0.29, 0.717) is 42.0 Å². The van der Waals surface area contributed by atoms with Crippen molar-refractivity contribution in [1.29, 1.82) is 5.26 Å². The number of carbonyl (C=O) groups is 1. The number of nitriles is 1. The van der Waals surface area contributed by atoms with Gasteiger partial charge in [-0.15, -0.1) is 0 Å². The van der Waals surface area contributed by atoms with Crippen LogP contribution in [0, 0.1) is 25.2 Å². The molecule has 1 unspecified atom stereocenters. The van der Waals surface area contributed by atoms with E-state index in [1.165, 1.54) is 12.1 Å². The molecule has 1 atom stereocenters. The molecule has 0 bridgehead atoms. The van der Waals surface area contributed by atoms with Crippen LogP contribution in [0.25, 0.3) is 0 Å². The second-order valence-corrected chi connectivity index (χ2v) is 11.2. The fourth-order valence-corrected chi connectivity index (χ4v) is 5.83. The minimum absolute atomic E-state index is 0.0963. The lowest BCUT2D eigenvalue weighted by Gasteiger charge is -2.40. The molecule has 2 aliphatic rings. The van der Waals surface area contributed by atoms with E-state index >= 15 is 0 Å². The first-order valence-corrected chi connectivity index (χ1v) is 13.9. The molecular formula is C32H27BrF3N3O2. The molecule has 0 spiro atoms. The van der Waals surface area contributed by atoms with E-state index in [-0.39, 0.29) is 23.8 Å². The highest BCUT2D eigenvalue weighted by Crippen LogP contribution is 2.47. The van der Waals surface area contributed by atoms with E-state index in [9.17, 15) is 23.2 Å². The summed E-state index contributed by atoms with van der Waals surface area (Å²) in [6.07, 6.45) is -3.09. The van der Waals surface area contributed by atoms with Gasteiger partial charge >= 0.3 is 6.18 Å². The third kappa shape index (κ3) is 5.49. The quantitative estimate of drug-likeness (QED) is 0.312. The van der Waals surface area contributed by atoms with E-state index in [2.05, 4.69) is 22.0 Å². The first-order valence-electron chi connectivity index (χ1n) is 13.1. The number of hydrogen-bond donors (Lipinski definition) is 1. The van der Waals surface area contributed by atoms with Crippen LogP contribution in [0.4, 0.5) is 18.9 Å². The molecule has 0 saturated carbocycles. The Balaban J connectivity index is 1.60. The predicted molar refractivity (Wildman–Crippen MR) is 154 cm³/mol. The van der Waals surface area contributed by atoms with Gasteiger partial charge in [0, 0.05) is 27.9 Å². The molecule has 5 rings (SSSR count). The molecule has 41 heavy (non-hydrogen) atoms. The monoisotopic (exact) mass is 621 g/mol. The maximum Gasteiger partial charge on any atom is 0.416 e. The molecule has 0 aromatic heterocycles. The number of halogens is 4. The number of nitrogens with zero attached hydrogens (tertiary/aromatic N) is 2. The summed E-state index contributed by atoms with van der Waals surface area (Å²) < 4.78 is 46.6. The van der Waals surface area contributed by atoms with Gasteiger partial charge < -0.3 is 10.5 Å². The maximum atomic E-state index is 13.5. The van der Waals surface area contributed by atoms with Gasteiger partial charge in [0.1, 0.15) is 18.2 Å². The van der Waals surface area contributed by atoms with Crippen molar-refractivity contribution in [2.24, 2.45) is 5.73 Å². The van der Waals surface area contributed by atoms with Gasteiger partial charge in [-0.3, -0.25) is 9.69 Å². The Kier molecular flexibility index (Phi) is 7.71. The van der Waals surface area contributed by atoms with Crippen LogP contribution in [0.3, 0.4) is 0 Å². The lowest BCUT2D eigenvalue weighted by atomic mass is 9.74. The van der Waals surface area contributed by atoms with Gasteiger partial charge in [-0.05, 0) is 97.5 Å². The maximum absolute atomic E-state index is 13.5. The van der Waals surface area contributed by atoms with Crippen LogP contribution in [0.15, 0.2) is 87.8 Å². The average molecular weight is 622 g/mol. The number of Topliss-reactive ketones (excluding diaryl/α,β-unsaturated/α-hetero) is 1. The van der Waals surface area contributed by atoms with Crippen molar-refractivity contribution >= 4 is 27.4 Å². The molecular weight excluding hydrogens is 595 g/mol. The summed E-state index contributed by atoms with van der Waals surface area (Å²) in [6.45, 7) is 4.20. The Labute approximate surface area is 244 Å². The van der Waals surface area contributed by atoms with Crippen LogP contribution in [-0.4, -0.2) is 5.78 Å². The number of allylic oxidation sites excluding steroid dienone is 3. The predicted octanol–water partition coefficient (Wildman–Crippen LogP) is 7.97. The summed E-state index contributed by atoms with van der Waals surface area (Å²) in [6, 6.07) is 18.3. The Hall–Kier alpha value is -4.03. The third-order valence-electron chi connectivity index (χ3n) is 7.61. The summed E-state index contributed by atoms with van der Waals surface area (Å²) in [5, 5.41) is 10.3. The van der Waals surface area contributed by atoms with Gasteiger partial charge in [-0.2, -0.15) is 18.4 Å². The minimum atomic E-state index is -4.49. The minimum Gasteiger partial charge on any atom is -0.489 e. The number of hydrogen-bond acceptors (Lipinski definition) is 5. The highest BCUT2D eigenvalue weighted by Gasteiger charge is 2.41. The number of alkyl halides is 3. The summed E-state index contributed by atoms with van der Waals surface area (Å²) in [5.41, 5.74) is 11.1. The van der Waals surface area contributed by atoms with Crippen LogP contribution < -0.4 is 15.4 Å². The normalized spacial score (nSPS) is 17.4. The third-order valence-corrected chi connectivity index (χ3v) is 8.14. The Morgan fingerprint density at radius 3 is 2.37 bits per heavy atom. The molecule has 3 aromatic carbocycles. The van der Waals surface area contributed by atoms with E-state index < -0.39 is 17.7 Å². The van der Waals surface area contributed by atoms with E-state index in [1.54, 1.807) is 4.90 Å². The molecule has 0 radical (unpaired) electrons. The number of ketones is 1. The number of anilines is 1. The Morgan fingerprint density at radius 1 is 1.05 bits per heavy atom. The van der Waals surface area contributed by atoms with Crippen molar-refractivity contribution in [1.82, 2.24) is 0 Å². The van der Waals surface area contributed by atoms with Crippen molar-refractivity contribution in [3.05, 3.63) is 116 Å². The van der Waals surface area contributed by atoms with Crippen molar-refractivity contribution in [2.75, 3.05) is 4.90 Å². The van der Waals surface area contributed by atoms with Gasteiger partial charge in [0.25, 0.3) is 0 Å². The van der Waals surface area contributed by atoms with Crippen molar-refractivity contribution < 1.29 is 22.7 Å². The van der Waals surface area contributed by atoms with Crippen molar-refractivity contribution in [3.63, 3.8) is 0 Å². The van der Waals surface area contributed by atoms with Crippen LogP contribution in [0.2, 0.25) is 0 Å². The number of aryl methyl sites for hydroxylation is 2. The van der Waals surface area contributed by atoms with Crippen LogP contribution >= 0.6 is 15.9 Å². The lowest BCUT2D eigenvalue weighted by molar-refractivity contribution is -0.137. The zero-order valence-electron chi connectivity index (χ0n) is 22.5. The standard InChI is InChI=1S/C32H27BrF3N3O2/c1-18-14-19(2)25(15-20(18)17-41-24-12-8-22(33)9-13-24)29-26(16-37)31(38)39(27-4-3-5-28(40)30(27)29)23-10-6-21(7-11-23)32(34,35)36/h6-15,29H,3-5,17,38H2,1-2H3. The molecule has 1 aliphatic heterocycles. The zero-order valence-corrected chi connectivity index (χ0v) is 24.1. The first-order chi connectivity index (χ1) is 19.5. The number of nitrogens with two attached hydrogens (primary N) is 1. The SMILES string of the molecule is Cc1cc(C)c(C2C(C#N)=C(N)N(c3ccc(C(F)(F)F)cc3)C3=C2C(=O)CCC3)cc1COc1ccc(Br)cc1. The molecule has 1 aliphatic carbocycles. The molecule has 3 aromatic rings. The smallest absolute Gasteiger partial charge is 0.416 e. The fraction of sp³-hybridized carbons (Fsp3) is 0.250. The van der Waals surface area contributed by atoms with Gasteiger partial charge in [0.2, 0.25) is 0 Å². The van der Waals surface area contributed by atoms with E-state index in [0.717, 1.165) is 38.9 Å². The van der Waals surface area contributed by atoms with Gasteiger partial charge in [0.05, 0.1) is 23.1 Å². The van der Waals surface area contributed by atoms with Gasteiger partial charge in [-0.25, -0.2) is 0 Å². The Morgan fingerprint density at radius 2 is 1.73 bits per heavy atom. The molecule has 2 N–H and O–H groups in total. The molecule has 0 saturated heterocycles. The van der Waals surface area contributed by atoms with Crippen LogP contribution in [0.5, 0.6) is 5.75 Å². The van der Waals surface area contributed by atoms with E-state index in [4.69, 9.17) is 10.5 Å². The van der Waals surface area contributed by atoms with E-state index in [1.807, 2.05) is 50.2 Å². The average Bonchev–Trinajstić information content (AvgIpc) is 2.93. The number of benzene rings is 3. The second kappa shape index (κ2) is 11.1.